The van der Waals surface area contributed by atoms with Crippen molar-refractivity contribution in [2.75, 3.05) is 0 Å². The van der Waals surface area contributed by atoms with Crippen molar-refractivity contribution in [1.82, 2.24) is 9.55 Å². The number of hydrogen-bond donors (Lipinski definition) is 0. The van der Waals surface area contributed by atoms with Gasteiger partial charge < -0.3 is 0 Å². The second-order valence-corrected chi connectivity index (χ2v) is 12.3. The minimum atomic E-state index is -0.279. The van der Waals surface area contributed by atoms with Gasteiger partial charge in [-0.3, -0.25) is 9.36 Å². The molecule has 0 saturated heterocycles. The van der Waals surface area contributed by atoms with Crippen LogP contribution in [0.25, 0.3) is 50.6 Å². The lowest BCUT2D eigenvalue weighted by atomic mass is 9.88. The lowest BCUT2D eigenvalue weighted by Gasteiger charge is -2.14. The molecule has 218 valence electrons. The van der Waals surface area contributed by atoms with Gasteiger partial charge in [-0.05, 0) is 86.8 Å². The van der Waals surface area contributed by atoms with Crippen molar-refractivity contribution >= 4 is 28.5 Å². The van der Waals surface area contributed by atoms with Gasteiger partial charge in [-0.1, -0.05) is 121 Å². The molecule has 0 N–H and O–H groups in total. The fourth-order valence-corrected chi connectivity index (χ4v) is 7.32. The first kappa shape index (κ1) is 26.6. The number of allylic oxidation sites excluding steroid dienone is 1. The molecule has 2 aliphatic rings. The van der Waals surface area contributed by atoms with Crippen molar-refractivity contribution in [2.45, 2.75) is 18.8 Å². The zero-order valence-electron chi connectivity index (χ0n) is 25.2. The molecule has 1 aliphatic heterocycles. The summed E-state index contributed by atoms with van der Waals surface area (Å²) in [6.07, 6.45) is 3.77. The van der Waals surface area contributed by atoms with E-state index >= 15 is 0 Å². The molecule has 3 nitrogen and oxygen atoms in total. The van der Waals surface area contributed by atoms with Gasteiger partial charge in [0, 0.05) is 12.0 Å². The van der Waals surface area contributed by atoms with Gasteiger partial charge in [0.15, 0.2) is 5.78 Å². The van der Waals surface area contributed by atoms with Crippen LogP contribution in [0.2, 0.25) is 0 Å². The van der Waals surface area contributed by atoms with Crippen LogP contribution in [0.1, 0.15) is 44.4 Å². The molecule has 0 amide bonds. The Kier molecular flexibility index (Phi) is 6.17. The number of aromatic nitrogens is 2. The Hall–Kier alpha value is -5.80. The Morgan fingerprint density at radius 1 is 0.609 bits per heavy atom. The van der Waals surface area contributed by atoms with Gasteiger partial charge in [-0.2, -0.15) is 0 Å². The first-order valence-corrected chi connectivity index (χ1v) is 15.9. The molecule has 3 heteroatoms. The van der Waals surface area contributed by atoms with Crippen LogP contribution in [0, 0.1) is 0 Å². The van der Waals surface area contributed by atoms with Crippen LogP contribution in [-0.2, 0) is 12.8 Å². The Morgan fingerprint density at radius 3 is 2.15 bits per heavy atom. The smallest absolute Gasteiger partial charge is 0.172 e. The molecule has 9 rings (SSSR count). The molecule has 1 atom stereocenters. The van der Waals surface area contributed by atoms with Crippen LogP contribution in [0.15, 0.2) is 146 Å². The van der Waals surface area contributed by atoms with Crippen LogP contribution >= 0.6 is 0 Å². The predicted molar refractivity (Wildman–Crippen MR) is 187 cm³/mol. The van der Waals surface area contributed by atoms with Gasteiger partial charge in [0.2, 0.25) is 0 Å². The Labute approximate surface area is 268 Å². The maximum atomic E-state index is 14.0. The average Bonchev–Trinajstić information content (AvgIpc) is 3.31. The van der Waals surface area contributed by atoms with Crippen LogP contribution < -0.4 is 0 Å². The molecule has 0 fully saturated rings. The number of fused-ring (bicyclic) bond motifs is 8. The van der Waals surface area contributed by atoms with Crippen molar-refractivity contribution in [2.24, 2.45) is 0 Å². The van der Waals surface area contributed by atoms with Gasteiger partial charge in [-0.25, -0.2) is 4.98 Å². The fraction of sp³-hybridized carbons (Fsp3) is 0.0698. The quantitative estimate of drug-likeness (QED) is 0.205. The molecule has 6 aromatic carbocycles. The van der Waals surface area contributed by atoms with Crippen LogP contribution in [-0.4, -0.2) is 15.3 Å². The molecule has 0 spiro atoms. The van der Waals surface area contributed by atoms with E-state index in [1.165, 1.54) is 33.4 Å². The minimum Gasteiger partial charge on any atom is -0.296 e. The first-order valence-electron chi connectivity index (χ1n) is 15.9. The fourth-order valence-electron chi connectivity index (χ4n) is 7.32. The van der Waals surface area contributed by atoms with Gasteiger partial charge in [-0.15, -0.1) is 0 Å². The third kappa shape index (κ3) is 4.35. The van der Waals surface area contributed by atoms with Gasteiger partial charge in [0.25, 0.3) is 0 Å². The number of hydrogen-bond acceptors (Lipinski definition) is 2. The second kappa shape index (κ2) is 10.7. The SMILES string of the molecule is O=C1c2ccccc2-n2c(nc3ccc(-c4ccc5c(c4)-c4ccccc4C=C(c4ccccc4)C5)cc32)CC1c1ccccc1. The third-order valence-electron chi connectivity index (χ3n) is 9.59. The summed E-state index contributed by atoms with van der Waals surface area (Å²) in [4.78, 5) is 19.1. The van der Waals surface area contributed by atoms with E-state index < -0.39 is 0 Å². The molecule has 7 aromatic rings. The summed E-state index contributed by atoms with van der Waals surface area (Å²) < 4.78 is 2.21. The summed E-state index contributed by atoms with van der Waals surface area (Å²) in [5, 5.41) is 0. The van der Waals surface area contributed by atoms with Crippen LogP contribution in [0.3, 0.4) is 0 Å². The van der Waals surface area contributed by atoms with E-state index in [1.54, 1.807) is 0 Å². The highest BCUT2D eigenvalue weighted by Gasteiger charge is 2.31. The highest BCUT2D eigenvalue weighted by atomic mass is 16.1. The number of carbonyl (C=O) groups is 1. The number of para-hydroxylation sites is 1. The largest absolute Gasteiger partial charge is 0.296 e. The van der Waals surface area contributed by atoms with Crippen molar-refractivity contribution in [3.63, 3.8) is 0 Å². The maximum Gasteiger partial charge on any atom is 0.172 e. The molecule has 0 saturated carbocycles. The summed E-state index contributed by atoms with van der Waals surface area (Å²) in [6, 6.07) is 50.9. The molecule has 1 unspecified atom stereocenters. The second-order valence-electron chi connectivity index (χ2n) is 12.3. The van der Waals surface area contributed by atoms with E-state index in [0.29, 0.717) is 6.42 Å². The standard InChI is InChI=1S/C43H30N2O/c46-43-36-17-9-10-18-40(36)45-41-26-31(21-22-39(41)44-42(45)27-38(43)29-13-5-2-6-14-29)30-19-20-33-24-34(28-11-3-1-4-12-28)23-32-15-7-8-16-35(32)37(33)25-30/h1-23,25-26,38H,24,27H2. The van der Waals surface area contributed by atoms with E-state index in [0.717, 1.165) is 51.2 Å². The van der Waals surface area contributed by atoms with E-state index in [1.807, 2.05) is 36.4 Å². The topological polar surface area (TPSA) is 34.9 Å². The van der Waals surface area contributed by atoms with Crippen molar-refractivity contribution in [1.29, 1.82) is 0 Å². The average molecular weight is 591 g/mol. The van der Waals surface area contributed by atoms with E-state index in [9.17, 15) is 4.79 Å². The molecule has 46 heavy (non-hydrogen) atoms. The molecule has 1 aromatic heterocycles. The normalized spacial score (nSPS) is 15.2. The zero-order valence-corrected chi connectivity index (χ0v) is 25.2. The number of benzene rings is 6. The first-order chi connectivity index (χ1) is 22.7. The molecule has 2 heterocycles. The van der Waals surface area contributed by atoms with E-state index in [4.69, 9.17) is 4.98 Å². The number of nitrogens with zero attached hydrogens (tertiary/aromatic N) is 2. The van der Waals surface area contributed by atoms with Gasteiger partial charge >= 0.3 is 0 Å². The summed E-state index contributed by atoms with van der Waals surface area (Å²) >= 11 is 0. The zero-order chi connectivity index (χ0) is 30.6. The number of carbonyl (C=O) groups excluding carboxylic acids is 1. The Balaban J connectivity index is 1.18. The monoisotopic (exact) mass is 590 g/mol. The Bertz CT molecular complexity index is 2330. The third-order valence-corrected chi connectivity index (χ3v) is 9.59. The molecular weight excluding hydrogens is 560 g/mol. The summed E-state index contributed by atoms with van der Waals surface area (Å²) in [6.45, 7) is 0. The molecular formula is C43H30N2O. The lowest BCUT2D eigenvalue weighted by molar-refractivity contribution is 0.0960. The molecule has 0 bridgehead atoms. The Morgan fingerprint density at radius 2 is 1.30 bits per heavy atom. The summed E-state index contributed by atoms with van der Waals surface area (Å²) in [5.41, 5.74) is 14.6. The van der Waals surface area contributed by atoms with Gasteiger partial charge in [0.1, 0.15) is 5.82 Å². The number of ketones is 1. The highest BCUT2D eigenvalue weighted by Crippen LogP contribution is 2.40. The summed E-state index contributed by atoms with van der Waals surface area (Å²) in [7, 11) is 0. The van der Waals surface area contributed by atoms with Crippen molar-refractivity contribution < 1.29 is 4.79 Å². The lowest BCUT2D eigenvalue weighted by Crippen LogP contribution is -2.14. The number of imidazole rings is 1. The number of Topliss-reactive ketones (excluding diaryl/α,β-unsaturated/α-hetero) is 1. The van der Waals surface area contributed by atoms with Gasteiger partial charge in [0.05, 0.1) is 22.6 Å². The van der Waals surface area contributed by atoms with Crippen LogP contribution in [0.5, 0.6) is 0 Å². The van der Waals surface area contributed by atoms with E-state index in [2.05, 4.69) is 120 Å². The highest BCUT2D eigenvalue weighted by molar-refractivity contribution is 6.05. The van der Waals surface area contributed by atoms with Crippen molar-refractivity contribution in [3.8, 4) is 27.9 Å². The van der Waals surface area contributed by atoms with E-state index in [-0.39, 0.29) is 11.7 Å². The minimum absolute atomic E-state index is 0.143. The number of rotatable bonds is 3. The van der Waals surface area contributed by atoms with Crippen molar-refractivity contribution in [3.05, 3.63) is 179 Å². The summed E-state index contributed by atoms with van der Waals surface area (Å²) in [5.74, 6) is 0.776. The van der Waals surface area contributed by atoms with Crippen LogP contribution in [0.4, 0.5) is 0 Å². The maximum absolute atomic E-state index is 14.0. The molecule has 1 aliphatic carbocycles. The predicted octanol–water partition coefficient (Wildman–Crippen LogP) is 9.98. The molecule has 0 radical (unpaired) electrons.